The molecule has 0 saturated heterocycles. The van der Waals surface area contributed by atoms with Gasteiger partial charge in [0.2, 0.25) is 10.0 Å². The van der Waals surface area contributed by atoms with E-state index in [9.17, 15) is 8.42 Å². The zero-order chi connectivity index (χ0) is 21.5. The van der Waals surface area contributed by atoms with Crippen molar-refractivity contribution in [3.05, 3.63) is 87.9 Å². The molecule has 0 saturated carbocycles. The van der Waals surface area contributed by atoms with Crippen LogP contribution in [0, 0.1) is 0 Å². The summed E-state index contributed by atoms with van der Waals surface area (Å²) in [6, 6.07) is 20.6. The average Bonchev–Trinajstić information content (AvgIpc) is 3.15. The molecule has 3 aromatic carbocycles. The van der Waals surface area contributed by atoms with Gasteiger partial charge in [-0.3, -0.25) is 0 Å². The van der Waals surface area contributed by atoms with E-state index in [1.54, 1.807) is 53.2 Å². The Bertz CT molecular complexity index is 1350. The van der Waals surface area contributed by atoms with E-state index in [-0.39, 0.29) is 4.90 Å². The Morgan fingerprint density at radius 1 is 0.800 bits per heavy atom. The molecule has 0 radical (unpaired) electrons. The lowest BCUT2D eigenvalue weighted by Crippen LogP contribution is -2.16. The summed E-state index contributed by atoms with van der Waals surface area (Å²) in [5, 5.41) is 11.5. The largest absolute Gasteiger partial charge is 0.240 e. The minimum Gasteiger partial charge on any atom is -0.231 e. The number of rotatable bonds is 4. The Hall–Kier alpha value is -2.35. The molecule has 0 unspecified atom stereocenters. The SMILES string of the molecule is NS(=O)(=O)c1ccccc1-n1nc(-c2ccc(Cl)c(Cl)c2)cc1-c1ccc(Cl)cc1. The molecule has 4 aromatic rings. The van der Waals surface area contributed by atoms with Crippen LogP contribution >= 0.6 is 34.8 Å². The van der Waals surface area contributed by atoms with Crippen LogP contribution in [-0.4, -0.2) is 18.2 Å². The Labute approximate surface area is 188 Å². The van der Waals surface area contributed by atoms with Crippen molar-refractivity contribution in [1.29, 1.82) is 0 Å². The molecular weight excluding hydrogens is 465 g/mol. The maximum Gasteiger partial charge on any atom is 0.240 e. The highest BCUT2D eigenvalue weighted by Gasteiger charge is 2.20. The topological polar surface area (TPSA) is 78.0 Å². The molecule has 5 nitrogen and oxygen atoms in total. The lowest BCUT2D eigenvalue weighted by atomic mass is 10.1. The molecule has 0 bridgehead atoms. The number of primary sulfonamides is 1. The molecule has 9 heteroatoms. The first-order valence-corrected chi connectivity index (χ1v) is 11.4. The van der Waals surface area contributed by atoms with Crippen molar-refractivity contribution in [1.82, 2.24) is 9.78 Å². The third-order valence-corrected chi connectivity index (χ3v) is 6.41. The molecule has 0 fully saturated rings. The third kappa shape index (κ3) is 4.10. The van der Waals surface area contributed by atoms with E-state index in [4.69, 9.17) is 39.9 Å². The molecule has 0 aliphatic rings. The van der Waals surface area contributed by atoms with Gasteiger partial charge in [-0.15, -0.1) is 0 Å². The Morgan fingerprint density at radius 3 is 2.13 bits per heavy atom. The van der Waals surface area contributed by atoms with Gasteiger partial charge in [0.05, 0.1) is 27.1 Å². The van der Waals surface area contributed by atoms with Gasteiger partial charge < -0.3 is 0 Å². The second-order valence-corrected chi connectivity index (χ2v) is 9.26. The molecule has 0 aliphatic heterocycles. The van der Waals surface area contributed by atoms with Crippen molar-refractivity contribution < 1.29 is 8.42 Å². The van der Waals surface area contributed by atoms with Gasteiger partial charge in [0.15, 0.2) is 0 Å². The highest BCUT2D eigenvalue weighted by Crippen LogP contribution is 2.33. The van der Waals surface area contributed by atoms with Crippen LogP contribution in [0.4, 0.5) is 0 Å². The number of sulfonamides is 1. The number of hydrogen-bond donors (Lipinski definition) is 1. The fourth-order valence-electron chi connectivity index (χ4n) is 3.06. The van der Waals surface area contributed by atoms with Crippen molar-refractivity contribution in [3.8, 4) is 28.2 Å². The Morgan fingerprint density at radius 2 is 1.47 bits per heavy atom. The van der Waals surface area contributed by atoms with Crippen LogP contribution < -0.4 is 5.14 Å². The van der Waals surface area contributed by atoms with Gasteiger partial charge in [-0.1, -0.05) is 65.1 Å². The molecule has 0 atom stereocenters. The van der Waals surface area contributed by atoms with E-state index < -0.39 is 10.0 Å². The zero-order valence-corrected chi connectivity index (χ0v) is 18.3. The first-order chi connectivity index (χ1) is 14.2. The van der Waals surface area contributed by atoms with Crippen molar-refractivity contribution in [2.75, 3.05) is 0 Å². The summed E-state index contributed by atoms with van der Waals surface area (Å²) >= 11 is 18.2. The average molecular weight is 479 g/mol. The van der Waals surface area contributed by atoms with Crippen molar-refractivity contribution in [2.24, 2.45) is 5.14 Å². The summed E-state index contributed by atoms with van der Waals surface area (Å²) in [6.45, 7) is 0. The maximum absolute atomic E-state index is 12.2. The third-order valence-electron chi connectivity index (χ3n) is 4.46. The van der Waals surface area contributed by atoms with E-state index in [1.165, 1.54) is 6.07 Å². The van der Waals surface area contributed by atoms with Crippen LogP contribution in [0.5, 0.6) is 0 Å². The molecule has 0 aliphatic carbocycles. The summed E-state index contributed by atoms with van der Waals surface area (Å²) in [5.74, 6) is 0. The monoisotopic (exact) mass is 477 g/mol. The molecule has 4 rings (SSSR count). The highest BCUT2D eigenvalue weighted by atomic mass is 35.5. The molecule has 1 aromatic heterocycles. The zero-order valence-electron chi connectivity index (χ0n) is 15.3. The van der Waals surface area contributed by atoms with Crippen LogP contribution in [0.15, 0.2) is 77.7 Å². The van der Waals surface area contributed by atoms with E-state index in [1.807, 2.05) is 18.2 Å². The smallest absolute Gasteiger partial charge is 0.231 e. The van der Waals surface area contributed by atoms with E-state index in [2.05, 4.69) is 5.10 Å². The maximum atomic E-state index is 12.2. The standard InChI is InChI=1S/C21H14Cl3N3O2S/c22-15-8-5-13(6-9-15)20-12-18(14-7-10-16(23)17(24)11-14)26-27(20)19-3-1-2-4-21(19)30(25,28)29/h1-12H,(H2,25,28,29). The van der Waals surface area contributed by atoms with Gasteiger partial charge in [-0.2, -0.15) is 5.10 Å². The summed E-state index contributed by atoms with van der Waals surface area (Å²) in [6.07, 6.45) is 0. The lowest BCUT2D eigenvalue weighted by molar-refractivity contribution is 0.596. The number of nitrogens with two attached hydrogens (primary N) is 1. The number of hydrogen-bond acceptors (Lipinski definition) is 3. The van der Waals surface area contributed by atoms with Crippen LogP contribution in [0.1, 0.15) is 0 Å². The first-order valence-electron chi connectivity index (χ1n) is 8.68. The summed E-state index contributed by atoms with van der Waals surface area (Å²) < 4.78 is 25.9. The van der Waals surface area contributed by atoms with Crippen molar-refractivity contribution in [3.63, 3.8) is 0 Å². The van der Waals surface area contributed by atoms with E-state index in [0.717, 1.165) is 11.1 Å². The van der Waals surface area contributed by atoms with Crippen LogP contribution in [0.25, 0.3) is 28.2 Å². The van der Waals surface area contributed by atoms with Gasteiger partial charge >= 0.3 is 0 Å². The van der Waals surface area contributed by atoms with Gasteiger partial charge in [0.1, 0.15) is 4.90 Å². The fraction of sp³-hybridized carbons (Fsp3) is 0. The quantitative estimate of drug-likeness (QED) is 0.402. The normalized spacial score (nSPS) is 11.6. The van der Waals surface area contributed by atoms with Gasteiger partial charge in [-0.05, 0) is 42.5 Å². The predicted molar refractivity (Wildman–Crippen MR) is 121 cm³/mol. The van der Waals surface area contributed by atoms with Gasteiger partial charge in [0, 0.05) is 16.1 Å². The molecule has 0 spiro atoms. The minimum atomic E-state index is -3.98. The van der Waals surface area contributed by atoms with Crippen LogP contribution in [0.2, 0.25) is 15.1 Å². The molecule has 30 heavy (non-hydrogen) atoms. The lowest BCUT2D eigenvalue weighted by Gasteiger charge is -2.11. The molecule has 152 valence electrons. The molecule has 1 heterocycles. The first kappa shape index (κ1) is 20.9. The van der Waals surface area contributed by atoms with Crippen molar-refractivity contribution in [2.45, 2.75) is 4.90 Å². The number of nitrogens with zero attached hydrogens (tertiary/aromatic N) is 2. The number of aromatic nitrogens is 2. The highest BCUT2D eigenvalue weighted by molar-refractivity contribution is 7.89. The predicted octanol–water partition coefficient (Wildman–Crippen LogP) is 5.81. The number of halogens is 3. The molecule has 0 amide bonds. The summed E-state index contributed by atoms with van der Waals surface area (Å²) in [7, 11) is -3.98. The Kier molecular flexibility index (Phi) is 5.61. The summed E-state index contributed by atoms with van der Waals surface area (Å²) in [4.78, 5) is -0.0380. The Balaban J connectivity index is 1.99. The number of para-hydroxylation sites is 1. The van der Waals surface area contributed by atoms with Crippen LogP contribution in [-0.2, 0) is 10.0 Å². The van der Waals surface area contributed by atoms with E-state index >= 15 is 0 Å². The minimum absolute atomic E-state index is 0.0380. The van der Waals surface area contributed by atoms with Gasteiger partial charge in [0.25, 0.3) is 0 Å². The van der Waals surface area contributed by atoms with E-state index in [0.29, 0.717) is 32.1 Å². The summed E-state index contributed by atoms with van der Waals surface area (Å²) in [5.41, 5.74) is 3.09. The van der Waals surface area contributed by atoms with Crippen molar-refractivity contribution >= 4 is 44.8 Å². The second kappa shape index (κ2) is 8.06. The second-order valence-electron chi connectivity index (χ2n) is 6.48. The molecule has 2 N–H and O–H groups in total. The van der Waals surface area contributed by atoms with Crippen LogP contribution in [0.3, 0.4) is 0 Å². The van der Waals surface area contributed by atoms with Gasteiger partial charge in [-0.25, -0.2) is 18.2 Å². The fourth-order valence-corrected chi connectivity index (χ4v) is 4.20. The molecular formula is C21H14Cl3N3O2S. The number of benzene rings is 3.